The fraction of sp³-hybridized carbons (Fsp3) is 0.172. The highest BCUT2D eigenvalue weighted by molar-refractivity contribution is 7.90. The molecule has 0 unspecified atom stereocenters. The number of hydrogen-bond donors (Lipinski definition) is 0. The van der Waals surface area contributed by atoms with E-state index >= 15 is 0 Å². The lowest BCUT2D eigenvalue weighted by atomic mass is 10.1. The number of fused-ring (bicyclic) bond motifs is 2. The third kappa shape index (κ3) is 5.05. The van der Waals surface area contributed by atoms with Crippen LogP contribution in [0.5, 0.6) is 11.5 Å². The number of sulfonamides is 1. The lowest BCUT2D eigenvalue weighted by molar-refractivity contribution is 0.0129. The topological polar surface area (TPSA) is 94.5 Å². The van der Waals surface area contributed by atoms with Crippen LogP contribution in [0.15, 0.2) is 100 Å². The second-order valence-electron chi connectivity index (χ2n) is 8.78. The van der Waals surface area contributed by atoms with E-state index in [0.29, 0.717) is 17.1 Å². The van der Waals surface area contributed by atoms with E-state index in [9.17, 15) is 13.2 Å². The fourth-order valence-corrected chi connectivity index (χ4v) is 5.66. The first-order chi connectivity index (χ1) is 18.4. The molecule has 0 radical (unpaired) electrons. The molecule has 0 fully saturated rings. The summed E-state index contributed by atoms with van der Waals surface area (Å²) in [5.41, 5.74) is 0.777. The van der Waals surface area contributed by atoms with Crippen LogP contribution in [0, 0.1) is 0 Å². The van der Waals surface area contributed by atoms with Gasteiger partial charge in [-0.05, 0) is 35.7 Å². The minimum atomic E-state index is -3.80. The molecular weight excluding hydrogens is 504 g/mol. The molecule has 9 heteroatoms. The summed E-state index contributed by atoms with van der Waals surface area (Å²) in [5.74, 6) is 0.739. The van der Waals surface area contributed by atoms with Gasteiger partial charge >= 0.3 is 5.97 Å². The Hall–Kier alpha value is -4.37. The SMILES string of the molecule is COc1ccccc1C(=O)O[C@@H](COc1cccc2ccccc12)CN(C)C1=NS(=O)(=O)c2ccccc21. The Morgan fingerprint density at radius 2 is 1.58 bits per heavy atom. The zero-order chi connectivity index (χ0) is 26.7. The van der Waals surface area contributed by atoms with E-state index in [0.717, 1.165) is 10.8 Å². The van der Waals surface area contributed by atoms with Gasteiger partial charge in [-0.1, -0.05) is 60.7 Å². The molecule has 0 amide bonds. The van der Waals surface area contributed by atoms with Crippen LogP contribution in [0.1, 0.15) is 15.9 Å². The summed E-state index contributed by atoms with van der Waals surface area (Å²) < 4.78 is 46.5. The number of esters is 1. The highest BCUT2D eigenvalue weighted by Crippen LogP contribution is 2.28. The number of ether oxygens (including phenoxy) is 3. The number of rotatable bonds is 8. The molecule has 0 aliphatic carbocycles. The van der Waals surface area contributed by atoms with Crippen LogP contribution in [-0.2, 0) is 14.8 Å². The van der Waals surface area contributed by atoms with Crippen molar-refractivity contribution in [3.8, 4) is 11.5 Å². The van der Waals surface area contributed by atoms with Gasteiger partial charge in [0.2, 0.25) is 0 Å². The van der Waals surface area contributed by atoms with E-state index in [-0.39, 0.29) is 29.4 Å². The number of methoxy groups -OCH3 is 1. The number of benzene rings is 4. The fourth-order valence-electron chi connectivity index (χ4n) is 4.41. The molecule has 0 N–H and O–H groups in total. The number of hydrogen-bond acceptors (Lipinski definition) is 7. The third-order valence-electron chi connectivity index (χ3n) is 6.23. The van der Waals surface area contributed by atoms with Crippen LogP contribution in [0.25, 0.3) is 10.8 Å². The number of carbonyl (C=O) groups is 1. The smallest absolute Gasteiger partial charge is 0.342 e. The lowest BCUT2D eigenvalue weighted by Gasteiger charge is -2.26. The van der Waals surface area contributed by atoms with Crippen LogP contribution >= 0.6 is 0 Å². The van der Waals surface area contributed by atoms with E-state index in [1.165, 1.54) is 13.2 Å². The number of nitrogens with zero attached hydrogens (tertiary/aromatic N) is 2. The molecule has 1 atom stereocenters. The molecule has 8 nitrogen and oxygen atoms in total. The van der Waals surface area contributed by atoms with E-state index in [1.54, 1.807) is 54.4 Å². The van der Waals surface area contributed by atoms with Gasteiger partial charge in [-0.3, -0.25) is 0 Å². The third-order valence-corrected chi connectivity index (χ3v) is 7.55. The van der Waals surface area contributed by atoms with Crippen LogP contribution in [-0.4, -0.2) is 58.5 Å². The monoisotopic (exact) mass is 530 g/mol. The maximum Gasteiger partial charge on any atom is 0.342 e. The van der Waals surface area contributed by atoms with Crippen LogP contribution in [0.3, 0.4) is 0 Å². The van der Waals surface area contributed by atoms with E-state index in [2.05, 4.69) is 4.40 Å². The summed E-state index contributed by atoms with van der Waals surface area (Å²) in [6.07, 6.45) is -0.769. The number of carbonyl (C=O) groups excluding carboxylic acids is 1. The van der Waals surface area contributed by atoms with Crippen LogP contribution in [0.4, 0.5) is 0 Å². The number of amidine groups is 1. The number of para-hydroxylation sites is 1. The standard InChI is InChI=1S/C29H26N2O6S/c1-31(28-24-14-6-8-17-27(24)38(33,34)30-28)18-21(37-29(32)23-13-5-7-15-25(23)35-2)19-36-26-16-9-11-20-10-3-4-12-22(20)26/h3-17,21H,18-19H2,1-2H3/t21-/m1/s1. The Labute approximate surface area is 221 Å². The second-order valence-corrected chi connectivity index (χ2v) is 10.4. The summed E-state index contributed by atoms with van der Waals surface area (Å²) in [7, 11) is -0.610. The van der Waals surface area contributed by atoms with Gasteiger partial charge in [-0.15, -0.1) is 4.40 Å². The molecule has 0 spiro atoms. The van der Waals surface area contributed by atoms with Crippen molar-refractivity contribution in [2.75, 3.05) is 27.3 Å². The van der Waals surface area contributed by atoms with Gasteiger partial charge in [0.05, 0.1) is 13.7 Å². The van der Waals surface area contributed by atoms with Gasteiger partial charge in [0.15, 0.2) is 11.9 Å². The minimum Gasteiger partial charge on any atom is -0.496 e. The zero-order valence-corrected chi connectivity index (χ0v) is 21.7. The Balaban J connectivity index is 1.41. The van der Waals surface area contributed by atoms with Crippen molar-refractivity contribution in [2.24, 2.45) is 4.40 Å². The van der Waals surface area contributed by atoms with Crippen molar-refractivity contribution in [1.82, 2.24) is 4.90 Å². The van der Waals surface area contributed by atoms with E-state index in [4.69, 9.17) is 14.2 Å². The van der Waals surface area contributed by atoms with Crippen molar-refractivity contribution in [3.63, 3.8) is 0 Å². The molecule has 0 bridgehead atoms. The Morgan fingerprint density at radius 3 is 2.42 bits per heavy atom. The van der Waals surface area contributed by atoms with Crippen molar-refractivity contribution in [1.29, 1.82) is 0 Å². The molecule has 0 aromatic heterocycles. The van der Waals surface area contributed by atoms with Crippen molar-refractivity contribution in [2.45, 2.75) is 11.0 Å². The van der Waals surface area contributed by atoms with Gasteiger partial charge in [0.25, 0.3) is 10.0 Å². The Bertz CT molecular complexity index is 1630. The largest absolute Gasteiger partial charge is 0.496 e. The van der Waals surface area contributed by atoms with Crippen molar-refractivity contribution >= 4 is 32.6 Å². The quantitative estimate of drug-likeness (QED) is 0.309. The molecular formula is C29H26N2O6S. The Morgan fingerprint density at radius 1 is 0.895 bits per heavy atom. The molecule has 194 valence electrons. The predicted molar refractivity (Wildman–Crippen MR) is 144 cm³/mol. The lowest BCUT2D eigenvalue weighted by Crippen LogP contribution is -2.39. The molecule has 4 aromatic rings. The molecule has 38 heavy (non-hydrogen) atoms. The van der Waals surface area contributed by atoms with Gasteiger partial charge in [-0.2, -0.15) is 8.42 Å². The molecule has 5 rings (SSSR count). The van der Waals surface area contributed by atoms with Crippen LogP contribution in [0.2, 0.25) is 0 Å². The molecule has 1 heterocycles. The first-order valence-electron chi connectivity index (χ1n) is 12.0. The van der Waals surface area contributed by atoms with Crippen molar-refractivity contribution in [3.05, 3.63) is 102 Å². The maximum absolute atomic E-state index is 13.2. The summed E-state index contributed by atoms with van der Waals surface area (Å²) in [5, 5.41) is 1.95. The van der Waals surface area contributed by atoms with Crippen molar-refractivity contribution < 1.29 is 27.4 Å². The summed E-state index contributed by atoms with van der Waals surface area (Å²) in [4.78, 5) is 15.0. The average molecular weight is 531 g/mol. The highest BCUT2D eigenvalue weighted by Gasteiger charge is 2.32. The van der Waals surface area contributed by atoms with Gasteiger partial charge in [0, 0.05) is 18.0 Å². The van der Waals surface area contributed by atoms with Gasteiger partial charge in [-0.25, -0.2) is 4.79 Å². The summed E-state index contributed by atoms with van der Waals surface area (Å²) >= 11 is 0. The maximum atomic E-state index is 13.2. The molecule has 0 saturated carbocycles. The molecule has 1 aliphatic heterocycles. The van der Waals surface area contributed by atoms with E-state index in [1.807, 2.05) is 42.5 Å². The van der Waals surface area contributed by atoms with Crippen LogP contribution < -0.4 is 9.47 Å². The van der Waals surface area contributed by atoms with Gasteiger partial charge in [0.1, 0.15) is 28.6 Å². The first-order valence-corrected chi connectivity index (χ1v) is 13.4. The Kier molecular flexibility index (Phi) is 7.02. The highest BCUT2D eigenvalue weighted by atomic mass is 32.2. The normalized spacial score (nSPS) is 14.3. The van der Waals surface area contributed by atoms with E-state index < -0.39 is 22.1 Å². The molecule has 4 aromatic carbocycles. The molecule has 1 aliphatic rings. The second kappa shape index (κ2) is 10.5. The van der Waals surface area contributed by atoms with Gasteiger partial charge < -0.3 is 19.1 Å². The average Bonchev–Trinajstić information content (AvgIpc) is 3.22. The first kappa shape index (κ1) is 25.3. The summed E-state index contributed by atoms with van der Waals surface area (Å²) in [6.45, 7) is 0.162. The number of likely N-dealkylation sites (N-methyl/N-ethyl adjacent to an activating group) is 1. The minimum absolute atomic E-state index is 0.0287. The molecule has 0 saturated heterocycles. The zero-order valence-electron chi connectivity index (χ0n) is 20.9. The predicted octanol–water partition coefficient (Wildman–Crippen LogP) is 4.53. The summed E-state index contributed by atoms with van der Waals surface area (Å²) in [6, 6.07) is 27.0.